The minimum atomic E-state index is -3.71. The number of nitrogens with one attached hydrogen (secondary N) is 1. The van der Waals surface area contributed by atoms with Crippen LogP contribution in [0.3, 0.4) is 0 Å². The van der Waals surface area contributed by atoms with E-state index in [1.54, 1.807) is 18.3 Å². The first-order valence-corrected chi connectivity index (χ1v) is 13.4. The van der Waals surface area contributed by atoms with Gasteiger partial charge in [0.15, 0.2) is 0 Å². The average molecular weight is 503 g/mol. The van der Waals surface area contributed by atoms with Crippen molar-refractivity contribution in [3.05, 3.63) is 94.8 Å². The number of hydrazone groups is 1. The molecule has 0 saturated heterocycles. The van der Waals surface area contributed by atoms with Crippen LogP contribution < -0.4 is 9.73 Å². The molecule has 4 aromatic rings. The molecule has 0 fully saturated rings. The van der Waals surface area contributed by atoms with E-state index in [1.807, 2.05) is 50.2 Å². The Balaban J connectivity index is 1.54. The van der Waals surface area contributed by atoms with Crippen LogP contribution in [0.2, 0.25) is 0 Å². The highest BCUT2D eigenvalue weighted by atomic mass is 32.2. The number of amides is 1. The maximum atomic E-state index is 12.7. The zero-order chi connectivity index (χ0) is 26.0. The van der Waals surface area contributed by atoms with Gasteiger partial charge in [-0.1, -0.05) is 54.1 Å². The summed E-state index contributed by atoms with van der Waals surface area (Å²) in [7, 11) is -3.71. The summed E-state index contributed by atoms with van der Waals surface area (Å²) < 4.78 is 28.4. The third kappa shape index (κ3) is 5.18. The second kappa shape index (κ2) is 9.99. The van der Waals surface area contributed by atoms with E-state index in [2.05, 4.69) is 47.1 Å². The van der Waals surface area contributed by atoms with Crippen LogP contribution >= 0.6 is 0 Å². The molecule has 1 heterocycles. The lowest BCUT2D eigenvalue weighted by molar-refractivity contribution is -0.119. The van der Waals surface area contributed by atoms with Gasteiger partial charge in [0.1, 0.15) is 6.54 Å². The summed E-state index contributed by atoms with van der Waals surface area (Å²) in [6.07, 6.45) is 2.68. The number of carbonyl (C=O) groups is 1. The summed E-state index contributed by atoms with van der Waals surface area (Å²) in [4.78, 5) is 12.7. The van der Waals surface area contributed by atoms with E-state index < -0.39 is 15.9 Å². The molecule has 186 valence electrons. The Morgan fingerprint density at radius 3 is 2.44 bits per heavy atom. The van der Waals surface area contributed by atoms with Crippen molar-refractivity contribution in [3.63, 3.8) is 0 Å². The van der Waals surface area contributed by atoms with Crippen molar-refractivity contribution in [3.8, 4) is 5.69 Å². The van der Waals surface area contributed by atoms with Gasteiger partial charge in [-0.15, -0.1) is 0 Å². The molecule has 0 atom stereocenters. The number of anilines is 1. The van der Waals surface area contributed by atoms with Crippen LogP contribution in [0.1, 0.15) is 28.1 Å². The van der Waals surface area contributed by atoms with E-state index in [9.17, 15) is 13.2 Å². The van der Waals surface area contributed by atoms with Gasteiger partial charge in [0.05, 0.1) is 18.2 Å². The fourth-order valence-corrected chi connectivity index (χ4v) is 5.36. The van der Waals surface area contributed by atoms with Crippen LogP contribution in [0.5, 0.6) is 0 Å². The van der Waals surface area contributed by atoms with Crippen LogP contribution in [0.15, 0.2) is 71.8 Å². The van der Waals surface area contributed by atoms with Gasteiger partial charge in [0.25, 0.3) is 5.91 Å². The first-order valence-electron chi connectivity index (χ1n) is 11.6. The van der Waals surface area contributed by atoms with E-state index in [0.29, 0.717) is 5.69 Å². The van der Waals surface area contributed by atoms with Crippen molar-refractivity contribution in [2.45, 2.75) is 27.7 Å². The zero-order valence-electron chi connectivity index (χ0n) is 21.1. The number of hydrogen-bond acceptors (Lipinski definition) is 4. The minimum absolute atomic E-state index is 0.383. The monoisotopic (exact) mass is 502 g/mol. The average Bonchev–Trinajstić information content (AvgIpc) is 3.09. The lowest BCUT2D eigenvalue weighted by atomic mass is 10.1. The molecule has 8 heteroatoms. The van der Waals surface area contributed by atoms with Crippen LogP contribution in [-0.2, 0) is 14.8 Å². The van der Waals surface area contributed by atoms with Gasteiger partial charge in [-0.3, -0.25) is 9.10 Å². The first-order chi connectivity index (χ1) is 17.1. The molecular formula is C28H30N4O3S. The number of aryl methyl sites for hydroxylation is 3. The van der Waals surface area contributed by atoms with Crippen LogP contribution in [0.4, 0.5) is 5.69 Å². The summed E-state index contributed by atoms with van der Waals surface area (Å²) in [5.74, 6) is -0.534. The second-order valence-corrected chi connectivity index (χ2v) is 10.9. The maximum absolute atomic E-state index is 12.7. The summed E-state index contributed by atoms with van der Waals surface area (Å²) in [6.45, 7) is 7.79. The van der Waals surface area contributed by atoms with Crippen LogP contribution in [0.25, 0.3) is 16.5 Å². The van der Waals surface area contributed by atoms with Crippen LogP contribution in [0, 0.1) is 27.7 Å². The Morgan fingerprint density at radius 2 is 1.72 bits per heavy atom. The summed E-state index contributed by atoms with van der Waals surface area (Å²) in [6, 6.07) is 21.2. The second-order valence-electron chi connectivity index (χ2n) is 9.01. The minimum Gasteiger partial charge on any atom is -0.318 e. The van der Waals surface area contributed by atoms with Gasteiger partial charge >= 0.3 is 0 Å². The van der Waals surface area contributed by atoms with Gasteiger partial charge in [-0.05, 0) is 56.8 Å². The van der Waals surface area contributed by atoms with Crippen molar-refractivity contribution in [2.75, 3.05) is 17.1 Å². The molecular weight excluding hydrogens is 472 g/mol. The van der Waals surface area contributed by atoms with Crippen molar-refractivity contribution in [1.82, 2.24) is 9.99 Å². The fourth-order valence-electron chi connectivity index (χ4n) is 4.49. The Hall–Kier alpha value is -3.91. The molecule has 0 radical (unpaired) electrons. The summed E-state index contributed by atoms with van der Waals surface area (Å²) in [5, 5.41) is 5.76. The normalized spacial score (nSPS) is 11.8. The number of fused-ring (bicyclic) bond motifs is 1. The third-order valence-electron chi connectivity index (χ3n) is 6.18. The van der Waals surface area contributed by atoms with Gasteiger partial charge in [0.2, 0.25) is 10.0 Å². The molecule has 7 nitrogen and oxygen atoms in total. The van der Waals surface area contributed by atoms with Crippen molar-refractivity contribution in [2.24, 2.45) is 5.10 Å². The SMILES string of the molecule is Cc1ccc(-n2c(C)cc(/C=N\NC(=O)CN(c3cccc4ccccc34)S(C)(=O)=O)c2C)c(C)c1. The number of aromatic nitrogens is 1. The van der Waals surface area contributed by atoms with E-state index in [1.165, 1.54) is 11.1 Å². The molecule has 0 aliphatic rings. The molecule has 0 aliphatic heterocycles. The maximum Gasteiger partial charge on any atom is 0.260 e. The van der Waals surface area contributed by atoms with E-state index in [4.69, 9.17) is 0 Å². The number of carbonyl (C=O) groups excluding carboxylic acids is 1. The van der Waals surface area contributed by atoms with Gasteiger partial charge < -0.3 is 4.57 Å². The molecule has 36 heavy (non-hydrogen) atoms. The lowest BCUT2D eigenvalue weighted by Crippen LogP contribution is -2.39. The quantitative estimate of drug-likeness (QED) is 0.292. The molecule has 4 rings (SSSR count). The number of rotatable bonds is 7. The molecule has 3 aromatic carbocycles. The predicted octanol–water partition coefficient (Wildman–Crippen LogP) is 4.78. The standard InChI is InChI=1S/C28H30N4O3S/c1-19-13-14-26(20(2)15-19)32-21(3)16-24(22(32)4)17-29-30-28(33)18-31(36(5,34)35)27-12-8-10-23-9-6-7-11-25(23)27/h6-17H,18H2,1-5H3,(H,30,33)/b29-17-. The topological polar surface area (TPSA) is 83.8 Å². The van der Waals surface area contributed by atoms with Gasteiger partial charge in [-0.25, -0.2) is 13.8 Å². The highest BCUT2D eigenvalue weighted by Gasteiger charge is 2.22. The number of benzene rings is 3. The number of sulfonamides is 1. The molecule has 0 unspecified atom stereocenters. The van der Waals surface area contributed by atoms with Crippen LogP contribution in [-0.4, -0.2) is 37.9 Å². The zero-order valence-corrected chi connectivity index (χ0v) is 21.9. The molecule has 0 spiro atoms. The molecule has 0 bridgehead atoms. The number of nitrogens with zero attached hydrogens (tertiary/aromatic N) is 3. The van der Waals surface area contributed by atoms with E-state index in [0.717, 1.165) is 44.0 Å². The first kappa shape index (κ1) is 25.2. The smallest absolute Gasteiger partial charge is 0.260 e. The molecule has 1 N–H and O–H groups in total. The molecule has 1 aromatic heterocycles. The Bertz CT molecular complexity index is 1580. The van der Waals surface area contributed by atoms with Crippen molar-refractivity contribution < 1.29 is 13.2 Å². The highest BCUT2D eigenvalue weighted by Crippen LogP contribution is 2.28. The van der Waals surface area contributed by atoms with Gasteiger partial charge in [-0.2, -0.15) is 5.10 Å². The predicted molar refractivity (Wildman–Crippen MR) is 147 cm³/mol. The lowest BCUT2D eigenvalue weighted by Gasteiger charge is -2.23. The third-order valence-corrected chi connectivity index (χ3v) is 7.31. The summed E-state index contributed by atoms with van der Waals surface area (Å²) in [5.41, 5.74) is 9.30. The fraction of sp³-hybridized carbons (Fsp3) is 0.214. The Kier molecular flexibility index (Phi) is 6.99. The Morgan fingerprint density at radius 1 is 1.00 bits per heavy atom. The van der Waals surface area contributed by atoms with Gasteiger partial charge in [0, 0.05) is 28.0 Å². The largest absolute Gasteiger partial charge is 0.318 e. The van der Waals surface area contributed by atoms with Crippen molar-refractivity contribution >= 4 is 38.6 Å². The van der Waals surface area contributed by atoms with E-state index in [-0.39, 0.29) is 6.54 Å². The molecule has 0 saturated carbocycles. The highest BCUT2D eigenvalue weighted by molar-refractivity contribution is 7.92. The van der Waals surface area contributed by atoms with Crippen molar-refractivity contribution in [1.29, 1.82) is 0 Å². The molecule has 0 aliphatic carbocycles. The van der Waals surface area contributed by atoms with E-state index >= 15 is 0 Å². The molecule has 1 amide bonds. The number of hydrogen-bond donors (Lipinski definition) is 1. The summed E-state index contributed by atoms with van der Waals surface area (Å²) >= 11 is 0. The Labute approximate surface area is 212 Å².